The molecule has 0 fully saturated rings. The molecule has 0 radical (unpaired) electrons. The van der Waals surface area contributed by atoms with Gasteiger partial charge >= 0.3 is 0 Å². The zero-order chi connectivity index (χ0) is 17.4. The van der Waals surface area contributed by atoms with Crippen molar-refractivity contribution >= 4 is 50.3 Å². The third-order valence-corrected chi connectivity index (χ3v) is 5.78. The molecule has 0 bridgehead atoms. The Hall–Kier alpha value is -1.76. The van der Waals surface area contributed by atoms with Crippen LogP contribution in [0.4, 0.5) is 0 Å². The van der Waals surface area contributed by atoms with E-state index in [1.54, 1.807) is 11.8 Å². The molecule has 0 spiro atoms. The maximum absolute atomic E-state index is 6.21. The fraction of sp³-hybridized carbons (Fsp3) is 0.111. The van der Waals surface area contributed by atoms with Crippen LogP contribution in [0.5, 0.6) is 0 Å². The highest BCUT2D eigenvalue weighted by atomic mass is 79.9. The smallest absolute Gasteiger partial charge is 0.200 e. The number of thioether (sulfide) groups is 1. The van der Waals surface area contributed by atoms with Gasteiger partial charge in [-0.25, -0.2) is 0 Å². The Bertz CT molecular complexity index is 1060. The van der Waals surface area contributed by atoms with E-state index in [0.717, 1.165) is 36.9 Å². The molecule has 25 heavy (non-hydrogen) atoms. The normalized spacial score (nSPS) is 11.3. The molecule has 0 N–H and O–H groups in total. The Morgan fingerprint density at radius 2 is 2.00 bits per heavy atom. The lowest BCUT2D eigenvalue weighted by atomic mass is 10.2. The molecule has 0 amide bonds. The summed E-state index contributed by atoms with van der Waals surface area (Å²) in [5.74, 6) is 2.14. The van der Waals surface area contributed by atoms with E-state index >= 15 is 0 Å². The highest BCUT2D eigenvalue weighted by Gasteiger charge is 2.16. The van der Waals surface area contributed by atoms with Crippen molar-refractivity contribution < 1.29 is 4.42 Å². The molecule has 4 rings (SSSR count). The first kappa shape index (κ1) is 16.7. The van der Waals surface area contributed by atoms with Crippen molar-refractivity contribution in [3.8, 4) is 11.6 Å². The second kappa shape index (κ2) is 6.86. The lowest BCUT2D eigenvalue weighted by molar-refractivity contribution is 0.618. The molecule has 0 aliphatic heterocycles. The molecule has 4 aromatic rings. The monoisotopic (exact) mass is 433 g/mol. The van der Waals surface area contributed by atoms with Crippen molar-refractivity contribution in [2.75, 3.05) is 0 Å². The van der Waals surface area contributed by atoms with E-state index in [1.807, 2.05) is 60.1 Å². The Balaban J connectivity index is 1.60. The first-order valence-corrected chi connectivity index (χ1v) is 9.72. The molecular formula is C18H13BrClN3OS. The van der Waals surface area contributed by atoms with Gasteiger partial charge in [0.1, 0.15) is 5.58 Å². The topological polar surface area (TPSA) is 43.9 Å². The van der Waals surface area contributed by atoms with Gasteiger partial charge in [0.2, 0.25) is 0 Å². The van der Waals surface area contributed by atoms with E-state index in [-0.39, 0.29) is 0 Å². The van der Waals surface area contributed by atoms with Gasteiger partial charge in [-0.05, 0) is 35.9 Å². The fourth-order valence-electron chi connectivity index (χ4n) is 2.54. The van der Waals surface area contributed by atoms with Crippen molar-refractivity contribution in [1.29, 1.82) is 0 Å². The minimum absolute atomic E-state index is 0.702. The van der Waals surface area contributed by atoms with Crippen molar-refractivity contribution in [3.63, 3.8) is 0 Å². The van der Waals surface area contributed by atoms with Gasteiger partial charge in [0, 0.05) is 27.7 Å². The number of hydrogen-bond acceptors (Lipinski definition) is 4. The number of rotatable bonds is 4. The summed E-state index contributed by atoms with van der Waals surface area (Å²) in [7, 11) is 1.94. The lowest BCUT2D eigenvalue weighted by Crippen LogP contribution is -1.94. The summed E-state index contributed by atoms with van der Waals surface area (Å²) < 4.78 is 8.86. The van der Waals surface area contributed by atoms with Crippen LogP contribution in [0.1, 0.15) is 5.56 Å². The molecule has 2 heterocycles. The van der Waals surface area contributed by atoms with Gasteiger partial charge in [0.05, 0.1) is 0 Å². The summed E-state index contributed by atoms with van der Waals surface area (Å²) in [4.78, 5) is 0. The van der Waals surface area contributed by atoms with Crippen LogP contribution < -0.4 is 0 Å². The van der Waals surface area contributed by atoms with Gasteiger partial charge in [-0.15, -0.1) is 10.2 Å². The minimum atomic E-state index is 0.702. The van der Waals surface area contributed by atoms with E-state index in [4.69, 9.17) is 16.0 Å². The molecular weight excluding hydrogens is 422 g/mol. The maximum Gasteiger partial charge on any atom is 0.200 e. The van der Waals surface area contributed by atoms with Crippen LogP contribution in [0.2, 0.25) is 5.02 Å². The molecule has 2 aromatic carbocycles. The van der Waals surface area contributed by atoms with Crippen LogP contribution in [-0.2, 0) is 12.8 Å². The molecule has 0 aliphatic rings. The van der Waals surface area contributed by atoms with Crippen molar-refractivity contribution in [3.05, 3.63) is 63.6 Å². The van der Waals surface area contributed by atoms with Crippen molar-refractivity contribution in [2.45, 2.75) is 10.9 Å². The zero-order valence-electron chi connectivity index (χ0n) is 13.2. The summed E-state index contributed by atoms with van der Waals surface area (Å²) in [6.07, 6.45) is 0. The number of furan rings is 1. The molecule has 126 valence electrons. The fourth-order valence-corrected chi connectivity index (χ4v) is 4.11. The molecule has 0 aliphatic carbocycles. The number of hydrogen-bond donors (Lipinski definition) is 0. The summed E-state index contributed by atoms with van der Waals surface area (Å²) in [6.45, 7) is 0. The number of aromatic nitrogens is 3. The first-order valence-electron chi connectivity index (χ1n) is 7.57. The molecule has 2 aromatic heterocycles. The van der Waals surface area contributed by atoms with Gasteiger partial charge in [-0.3, -0.25) is 0 Å². The highest BCUT2D eigenvalue weighted by Crippen LogP contribution is 2.31. The average molecular weight is 435 g/mol. The zero-order valence-corrected chi connectivity index (χ0v) is 16.4. The van der Waals surface area contributed by atoms with E-state index in [2.05, 4.69) is 26.1 Å². The SMILES string of the molecule is Cn1c(SCc2ccccc2Cl)nnc1-c1cc2cc(Br)ccc2o1. The van der Waals surface area contributed by atoms with E-state index in [0.29, 0.717) is 11.6 Å². The first-order chi connectivity index (χ1) is 12.1. The Morgan fingerprint density at radius 3 is 2.84 bits per heavy atom. The molecule has 4 nitrogen and oxygen atoms in total. The number of fused-ring (bicyclic) bond motifs is 1. The predicted octanol–water partition coefficient (Wildman–Crippen LogP) is 5.94. The Kier molecular flexibility index (Phi) is 4.58. The predicted molar refractivity (Wildman–Crippen MR) is 105 cm³/mol. The van der Waals surface area contributed by atoms with Gasteiger partial charge in [0.15, 0.2) is 16.7 Å². The quantitative estimate of drug-likeness (QED) is 0.373. The van der Waals surface area contributed by atoms with E-state index in [9.17, 15) is 0 Å². The summed E-state index contributed by atoms with van der Waals surface area (Å²) >= 11 is 11.3. The molecule has 0 unspecified atom stereocenters. The van der Waals surface area contributed by atoms with Crippen molar-refractivity contribution in [2.24, 2.45) is 7.05 Å². The molecule has 0 saturated carbocycles. The van der Waals surface area contributed by atoms with Gasteiger partial charge in [0.25, 0.3) is 0 Å². The van der Waals surface area contributed by atoms with Crippen LogP contribution in [0.15, 0.2) is 62.6 Å². The molecule has 7 heteroatoms. The largest absolute Gasteiger partial charge is 0.453 e. The van der Waals surface area contributed by atoms with Gasteiger partial charge < -0.3 is 8.98 Å². The maximum atomic E-state index is 6.21. The number of nitrogens with zero attached hydrogens (tertiary/aromatic N) is 3. The van der Waals surface area contributed by atoms with Crippen LogP contribution >= 0.6 is 39.3 Å². The van der Waals surface area contributed by atoms with Crippen LogP contribution in [0.3, 0.4) is 0 Å². The Morgan fingerprint density at radius 1 is 1.16 bits per heavy atom. The van der Waals surface area contributed by atoms with Gasteiger partial charge in [-0.2, -0.15) is 0 Å². The van der Waals surface area contributed by atoms with E-state index in [1.165, 1.54) is 0 Å². The van der Waals surface area contributed by atoms with Gasteiger partial charge in [-0.1, -0.05) is 57.5 Å². The Labute approximate surface area is 162 Å². The third kappa shape index (κ3) is 3.34. The van der Waals surface area contributed by atoms with Crippen LogP contribution in [0.25, 0.3) is 22.6 Å². The standard InChI is InChI=1S/C18H13BrClN3OS/c1-23-17(16-9-12-8-13(19)6-7-15(12)24-16)21-22-18(23)25-10-11-4-2-3-5-14(11)20/h2-9H,10H2,1H3. The second-order valence-electron chi connectivity index (χ2n) is 5.54. The molecule has 0 atom stereocenters. The van der Waals surface area contributed by atoms with Crippen LogP contribution in [-0.4, -0.2) is 14.8 Å². The minimum Gasteiger partial charge on any atom is -0.453 e. The summed E-state index contributed by atoms with van der Waals surface area (Å²) in [5, 5.41) is 11.2. The lowest BCUT2D eigenvalue weighted by Gasteiger charge is -2.04. The number of halogens is 2. The second-order valence-corrected chi connectivity index (χ2v) is 7.80. The van der Waals surface area contributed by atoms with Crippen molar-refractivity contribution in [1.82, 2.24) is 14.8 Å². The van der Waals surface area contributed by atoms with E-state index < -0.39 is 0 Å². The highest BCUT2D eigenvalue weighted by molar-refractivity contribution is 9.10. The summed E-state index contributed by atoms with van der Waals surface area (Å²) in [5.41, 5.74) is 1.90. The summed E-state index contributed by atoms with van der Waals surface area (Å²) in [6, 6.07) is 15.7. The van der Waals surface area contributed by atoms with Crippen LogP contribution in [0, 0.1) is 0 Å². The number of benzene rings is 2. The average Bonchev–Trinajstić information content (AvgIpc) is 3.17. The molecule has 0 saturated heterocycles. The third-order valence-electron chi connectivity index (χ3n) is 3.85.